The maximum absolute atomic E-state index is 10.9. The number of ether oxygens (including phenoxy) is 1. The SMILES string of the molecule is CCCOc1ccc(C(=O)O)c(C)c1C. The van der Waals surface area contributed by atoms with Crippen LogP contribution in [-0.4, -0.2) is 17.7 Å². The number of carboxylic acid groups (broad SMARTS) is 1. The quantitative estimate of drug-likeness (QED) is 0.827. The van der Waals surface area contributed by atoms with Crippen molar-refractivity contribution in [1.82, 2.24) is 0 Å². The predicted octanol–water partition coefficient (Wildman–Crippen LogP) is 2.79. The highest BCUT2D eigenvalue weighted by Crippen LogP contribution is 2.24. The van der Waals surface area contributed by atoms with E-state index in [-0.39, 0.29) is 0 Å². The van der Waals surface area contributed by atoms with Gasteiger partial charge < -0.3 is 9.84 Å². The van der Waals surface area contributed by atoms with E-state index in [0.717, 1.165) is 23.3 Å². The Hall–Kier alpha value is -1.51. The summed E-state index contributed by atoms with van der Waals surface area (Å²) in [7, 11) is 0. The Kier molecular flexibility index (Phi) is 3.72. The summed E-state index contributed by atoms with van der Waals surface area (Å²) in [5.41, 5.74) is 2.02. The molecule has 3 heteroatoms. The summed E-state index contributed by atoms with van der Waals surface area (Å²) in [5.74, 6) is -0.114. The molecule has 0 radical (unpaired) electrons. The Morgan fingerprint density at radius 3 is 2.53 bits per heavy atom. The van der Waals surface area contributed by atoms with Crippen molar-refractivity contribution in [3.05, 3.63) is 28.8 Å². The van der Waals surface area contributed by atoms with Crippen LogP contribution in [-0.2, 0) is 0 Å². The smallest absolute Gasteiger partial charge is 0.335 e. The third-order valence-electron chi connectivity index (χ3n) is 2.43. The van der Waals surface area contributed by atoms with Gasteiger partial charge in [0.25, 0.3) is 0 Å². The van der Waals surface area contributed by atoms with E-state index in [1.165, 1.54) is 0 Å². The van der Waals surface area contributed by atoms with Crippen LogP contribution in [0.5, 0.6) is 5.75 Å². The molecule has 0 bridgehead atoms. The Bertz CT molecular complexity index is 369. The first-order chi connectivity index (χ1) is 7.07. The zero-order valence-electron chi connectivity index (χ0n) is 9.33. The van der Waals surface area contributed by atoms with Gasteiger partial charge in [-0.3, -0.25) is 0 Å². The summed E-state index contributed by atoms with van der Waals surface area (Å²) >= 11 is 0. The van der Waals surface area contributed by atoms with E-state index in [4.69, 9.17) is 9.84 Å². The van der Waals surface area contributed by atoms with Crippen LogP contribution in [0.15, 0.2) is 12.1 Å². The van der Waals surface area contributed by atoms with Gasteiger partial charge in [-0.25, -0.2) is 4.79 Å². The molecule has 1 aromatic rings. The second-order valence-electron chi connectivity index (χ2n) is 3.51. The van der Waals surface area contributed by atoms with Crippen LogP contribution in [0.4, 0.5) is 0 Å². The van der Waals surface area contributed by atoms with E-state index in [2.05, 4.69) is 0 Å². The van der Waals surface area contributed by atoms with Gasteiger partial charge in [-0.15, -0.1) is 0 Å². The molecule has 1 rings (SSSR count). The number of carboxylic acids is 1. The van der Waals surface area contributed by atoms with Gasteiger partial charge in [-0.1, -0.05) is 6.92 Å². The lowest BCUT2D eigenvalue weighted by Gasteiger charge is -2.11. The van der Waals surface area contributed by atoms with E-state index in [9.17, 15) is 4.79 Å². The van der Waals surface area contributed by atoms with Gasteiger partial charge in [0.05, 0.1) is 12.2 Å². The van der Waals surface area contributed by atoms with Gasteiger partial charge in [0, 0.05) is 0 Å². The topological polar surface area (TPSA) is 46.5 Å². The maximum atomic E-state index is 10.9. The number of hydrogen-bond acceptors (Lipinski definition) is 2. The molecule has 0 saturated heterocycles. The summed E-state index contributed by atoms with van der Waals surface area (Å²) in [6.45, 7) is 6.38. The van der Waals surface area contributed by atoms with Crippen LogP contribution in [0, 0.1) is 13.8 Å². The van der Waals surface area contributed by atoms with E-state index in [1.807, 2.05) is 13.8 Å². The molecule has 1 N–H and O–H groups in total. The fraction of sp³-hybridized carbons (Fsp3) is 0.417. The number of rotatable bonds is 4. The minimum absolute atomic E-state index is 0.344. The Morgan fingerprint density at radius 1 is 1.33 bits per heavy atom. The molecule has 0 aliphatic rings. The third-order valence-corrected chi connectivity index (χ3v) is 2.43. The minimum atomic E-state index is -0.891. The minimum Gasteiger partial charge on any atom is -0.493 e. The van der Waals surface area contributed by atoms with Crippen LogP contribution in [0.3, 0.4) is 0 Å². The second kappa shape index (κ2) is 4.82. The highest BCUT2D eigenvalue weighted by molar-refractivity contribution is 5.90. The molecular weight excluding hydrogens is 192 g/mol. The molecule has 1 aromatic carbocycles. The molecular formula is C12H16O3. The van der Waals surface area contributed by atoms with Gasteiger partial charge in [-0.05, 0) is 43.5 Å². The first-order valence-electron chi connectivity index (χ1n) is 5.04. The van der Waals surface area contributed by atoms with Gasteiger partial charge >= 0.3 is 5.97 Å². The first-order valence-corrected chi connectivity index (χ1v) is 5.04. The predicted molar refractivity (Wildman–Crippen MR) is 58.7 cm³/mol. The molecule has 0 heterocycles. The van der Waals surface area contributed by atoms with E-state index >= 15 is 0 Å². The van der Waals surface area contributed by atoms with Crippen molar-refractivity contribution in [3.8, 4) is 5.75 Å². The molecule has 15 heavy (non-hydrogen) atoms. The lowest BCUT2D eigenvalue weighted by atomic mass is 10.0. The molecule has 0 unspecified atom stereocenters. The average molecular weight is 208 g/mol. The second-order valence-corrected chi connectivity index (χ2v) is 3.51. The summed E-state index contributed by atoms with van der Waals surface area (Å²) < 4.78 is 5.51. The van der Waals surface area contributed by atoms with Crippen molar-refractivity contribution in [2.45, 2.75) is 27.2 Å². The number of aromatic carboxylic acids is 1. The van der Waals surface area contributed by atoms with Gasteiger partial charge in [-0.2, -0.15) is 0 Å². The van der Waals surface area contributed by atoms with Crippen LogP contribution in [0.2, 0.25) is 0 Å². The highest BCUT2D eigenvalue weighted by Gasteiger charge is 2.11. The molecule has 0 aliphatic carbocycles. The van der Waals surface area contributed by atoms with Crippen molar-refractivity contribution in [2.75, 3.05) is 6.61 Å². The maximum Gasteiger partial charge on any atom is 0.335 e. The standard InChI is InChI=1S/C12H16O3/c1-4-7-15-11-6-5-10(12(13)14)8(2)9(11)3/h5-6H,4,7H2,1-3H3,(H,13,14). The fourth-order valence-corrected chi connectivity index (χ4v) is 1.40. The summed E-state index contributed by atoms with van der Waals surface area (Å²) in [5, 5.41) is 8.92. The third kappa shape index (κ3) is 2.49. The van der Waals surface area contributed by atoms with E-state index in [0.29, 0.717) is 12.2 Å². The first kappa shape index (κ1) is 11.6. The lowest BCUT2D eigenvalue weighted by Crippen LogP contribution is -2.04. The zero-order valence-corrected chi connectivity index (χ0v) is 9.33. The molecule has 0 spiro atoms. The number of benzene rings is 1. The van der Waals surface area contributed by atoms with Crippen LogP contribution in [0.1, 0.15) is 34.8 Å². The van der Waals surface area contributed by atoms with Crippen LogP contribution < -0.4 is 4.74 Å². The molecule has 82 valence electrons. The normalized spacial score (nSPS) is 10.1. The average Bonchev–Trinajstić information content (AvgIpc) is 2.20. The fourth-order valence-electron chi connectivity index (χ4n) is 1.40. The van der Waals surface area contributed by atoms with Crippen LogP contribution >= 0.6 is 0 Å². The van der Waals surface area contributed by atoms with Crippen LogP contribution in [0.25, 0.3) is 0 Å². The van der Waals surface area contributed by atoms with Crippen molar-refractivity contribution in [2.24, 2.45) is 0 Å². The van der Waals surface area contributed by atoms with Crippen molar-refractivity contribution in [3.63, 3.8) is 0 Å². The number of hydrogen-bond donors (Lipinski definition) is 1. The molecule has 3 nitrogen and oxygen atoms in total. The zero-order chi connectivity index (χ0) is 11.4. The molecule has 0 saturated carbocycles. The molecule has 0 aromatic heterocycles. The molecule has 0 fully saturated rings. The largest absolute Gasteiger partial charge is 0.493 e. The number of carbonyl (C=O) groups is 1. The monoisotopic (exact) mass is 208 g/mol. The molecule has 0 aliphatic heterocycles. The molecule has 0 amide bonds. The molecule has 0 atom stereocenters. The van der Waals surface area contributed by atoms with Crippen molar-refractivity contribution < 1.29 is 14.6 Å². The van der Waals surface area contributed by atoms with E-state index in [1.54, 1.807) is 19.1 Å². The van der Waals surface area contributed by atoms with Crippen molar-refractivity contribution >= 4 is 5.97 Å². The summed E-state index contributed by atoms with van der Waals surface area (Å²) in [4.78, 5) is 10.9. The van der Waals surface area contributed by atoms with Gasteiger partial charge in [0.1, 0.15) is 5.75 Å². The Balaban J connectivity index is 3.04. The van der Waals surface area contributed by atoms with Gasteiger partial charge in [0.15, 0.2) is 0 Å². The highest BCUT2D eigenvalue weighted by atomic mass is 16.5. The van der Waals surface area contributed by atoms with Crippen molar-refractivity contribution in [1.29, 1.82) is 0 Å². The summed E-state index contributed by atoms with van der Waals surface area (Å²) in [6, 6.07) is 3.32. The lowest BCUT2D eigenvalue weighted by molar-refractivity contribution is 0.0696. The Morgan fingerprint density at radius 2 is 2.00 bits per heavy atom. The van der Waals surface area contributed by atoms with Gasteiger partial charge in [0.2, 0.25) is 0 Å². The van der Waals surface area contributed by atoms with E-state index < -0.39 is 5.97 Å². The Labute approximate surface area is 89.7 Å². The summed E-state index contributed by atoms with van der Waals surface area (Å²) in [6.07, 6.45) is 0.944.